The summed E-state index contributed by atoms with van der Waals surface area (Å²) in [5.41, 5.74) is 1.67. The Morgan fingerprint density at radius 2 is 1.78 bits per heavy atom. The van der Waals surface area contributed by atoms with Crippen LogP contribution in [0, 0.1) is 6.92 Å². The predicted molar refractivity (Wildman–Crippen MR) is 98.6 cm³/mol. The van der Waals surface area contributed by atoms with Crippen LogP contribution in [0.25, 0.3) is 11.5 Å². The van der Waals surface area contributed by atoms with Gasteiger partial charge in [-0.05, 0) is 37.6 Å². The molecule has 0 bridgehead atoms. The van der Waals surface area contributed by atoms with E-state index in [1.807, 2.05) is 6.92 Å². The molecule has 1 amide bonds. The second-order valence-electron chi connectivity index (χ2n) is 5.93. The third-order valence-corrected chi connectivity index (χ3v) is 5.61. The van der Waals surface area contributed by atoms with Crippen molar-refractivity contribution in [3.05, 3.63) is 54.4 Å². The Balaban J connectivity index is 1.51. The van der Waals surface area contributed by atoms with Crippen molar-refractivity contribution in [2.75, 3.05) is 11.1 Å². The Hall–Kier alpha value is -3.07. The van der Waals surface area contributed by atoms with E-state index in [-0.39, 0.29) is 41.3 Å². The van der Waals surface area contributed by atoms with Crippen LogP contribution in [-0.4, -0.2) is 35.3 Å². The molecule has 0 saturated carbocycles. The van der Waals surface area contributed by atoms with E-state index in [4.69, 9.17) is 4.42 Å². The first-order valence-electron chi connectivity index (χ1n) is 8.27. The molecule has 9 heteroatoms. The highest BCUT2D eigenvalue weighted by Gasteiger charge is 2.16. The van der Waals surface area contributed by atoms with Crippen LogP contribution in [-0.2, 0) is 14.6 Å². The second kappa shape index (κ2) is 8.09. The van der Waals surface area contributed by atoms with Gasteiger partial charge in [0.05, 0.1) is 10.6 Å². The third-order valence-electron chi connectivity index (χ3n) is 3.80. The maximum absolute atomic E-state index is 12.3. The molecule has 3 aromatic rings. The van der Waals surface area contributed by atoms with Gasteiger partial charge in [-0.15, -0.1) is 5.10 Å². The molecule has 0 spiro atoms. The highest BCUT2D eigenvalue weighted by molar-refractivity contribution is 7.91. The number of carbonyl (C=O) groups excluding carboxylic acids is 1. The molecule has 3 rings (SSSR count). The standard InChI is InChI=1S/C18H18N4O4S/c1-13-4-6-15(7-5-13)27(24,25)12-2-3-16(23)20-18-22-21-17(26-18)14-8-10-19-11-9-14/h4-11H,2-3,12H2,1H3,(H,20,22,23). The van der Waals surface area contributed by atoms with E-state index in [1.54, 1.807) is 48.8 Å². The number of nitrogens with zero attached hydrogens (tertiary/aromatic N) is 3. The zero-order valence-electron chi connectivity index (χ0n) is 14.6. The number of hydrogen-bond donors (Lipinski definition) is 1. The molecule has 2 heterocycles. The van der Waals surface area contributed by atoms with Crippen molar-refractivity contribution in [1.29, 1.82) is 0 Å². The van der Waals surface area contributed by atoms with Gasteiger partial charge in [-0.25, -0.2) is 8.42 Å². The van der Waals surface area contributed by atoms with Crippen LogP contribution in [0.5, 0.6) is 0 Å². The summed E-state index contributed by atoms with van der Waals surface area (Å²) in [6.45, 7) is 1.89. The van der Waals surface area contributed by atoms with Gasteiger partial charge in [0.15, 0.2) is 9.84 Å². The van der Waals surface area contributed by atoms with Gasteiger partial charge in [0.2, 0.25) is 11.8 Å². The number of sulfone groups is 1. The summed E-state index contributed by atoms with van der Waals surface area (Å²) in [5.74, 6) is -0.246. The van der Waals surface area contributed by atoms with Gasteiger partial charge >= 0.3 is 6.01 Å². The Morgan fingerprint density at radius 3 is 2.48 bits per heavy atom. The summed E-state index contributed by atoms with van der Waals surface area (Å²) in [6.07, 6.45) is 3.39. The van der Waals surface area contributed by atoms with Crippen LogP contribution >= 0.6 is 0 Å². The summed E-state index contributed by atoms with van der Waals surface area (Å²) in [5, 5.41) is 10.1. The first-order valence-corrected chi connectivity index (χ1v) is 9.92. The van der Waals surface area contributed by atoms with Crippen LogP contribution in [0.15, 0.2) is 58.1 Å². The van der Waals surface area contributed by atoms with Crippen LogP contribution in [0.3, 0.4) is 0 Å². The number of rotatable bonds is 7. The van der Waals surface area contributed by atoms with E-state index < -0.39 is 9.84 Å². The van der Waals surface area contributed by atoms with Crippen LogP contribution in [0.4, 0.5) is 6.01 Å². The molecule has 0 radical (unpaired) electrons. The van der Waals surface area contributed by atoms with Gasteiger partial charge in [-0.3, -0.25) is 15.1 Å². The van der Waals surface area contributed by atoms with Gasteiger partial charge in [0, 0.05) is 24.4 Å². The summed E-state index contributed by atoms with van der Waals surface area (Å²) < 4.78 is 29.9. The highest BCUT2D eigenvalue weighted by Crippen LogP contribution is 2.19. The van der Waals surface area contributed by atoms with Gasteiger partial charge < -0.3 is 4.42 Å². The molecule has 27 heavy (non-hydrogen) atoms. The van der Waals surface area contributed by atoms with Crippen LogP contribution in [0.2, 0.25) is 0 Å². The molecule has 140 valence electrons. The Kier molecular flexibility index (Phi) is 5.60. The number of amides is 1. The molecule has 8 nitrogen and oxygen atoms in total. The lowest BCUT2D eigenvalue weighted by molar-refractivity contribution is -0.116. The largest absolute Gasteiger partial charge is 0.403 e. The fourth-order valence-electron chi connectivity index (χ4n) is 2.35. The van der Waals surface area contributed by atoms with Crippen LogP contribution < -0.4 is 5.32 Å². The first kappa shape index (κ1) is 18.7. The zero-order valence-corrected chi connectivity index (χ0v) is 15.4. The molecule has 1 N–H and O–H groups in total. The van der Waals surface area contributed by atoms with Crippen molar-refractivity contribution in [1.82, 2.24) is 15.2 Å². The van der Waals surface area contributed by atoms with E-state index in [9.17, 15) is 13.2 Å². The molecule has 0 saturated heterocycles. The molecule has 0 aliphatic carbocycles. The number of benzene rings is 1. The fourth-order valence-corrected chi connectivity index (χ4v) is 3.66. The summed E-state index contributed by atoms with van der Waals surface area (Å²) >= 11 is 0. The van der Waals surface area contributed by atoms with E-state index in [0.717, 1.165) is 5.56 Å². The monoisotopic (exact) mass is 386 g/mol. The SMILES string of the molecule is Cc1ccc(S(=O)(=O)CCCC(=O)Nc2nnc(-c3ccncc3)o2)cc1. The second-order valence-corrected chi connectivity index (χ2v) is 8.04. The average Bonchev–Trinajstić information content (AvgIpc) is 3.11. The Bertz CT molecular complexity index is 1020. The van der Waals surface area contributed by atoms with Crippen molar-refractivity contribution in [3.8, 4) is 11.5 Å². The molecule has 0 aliphatic rings. The smallest absolute Gasteiger partial charge is 0.322 e. The summed E-state index contributed by atoms with van der Waals surface area (Å²) in [7, 11) is -3.41. The van der Waals surface area contributed by atoms with Crippen molar-refractivity contribution in [3.63, 3.8) is 0 Å². The normalized spacial score (nSPS) is 11.3. The number of nitrogens with one attached hydrogen (secondary N) is 1. The molecular formula is C18H18N4O4S. The summed E-state index contributed by atoms with van der Waals surface area (Å²) in [4.78, 5) is 16.1. The highest BCUT2D eigenvalue weighted by atomic mass is 32.2. The lowest BCUT2D eigenvalue weighted by Crippen LogP contribution is -2.14. The Morgan fingerprint density at radius 1 is 1.07 bits per heavy atom. The number of aryl methyl sites for hydroxylation is 1. The lowest BCUT2D eigenvalue weighted by Gasteiger charge is -2.05. The van der Waals surface area contributed by atoms with Crippen molar-refractivity contribution in [2.45, 2.75) is 24.7 Å². The molecule has 2 aromatic heterocycles. The minimum Gasteiger partial charge on any atom is -0.403 e. The topological polar surface area (TPSA) is 115 Å². The van der Waals surface area contributed by atoms with Gasteiger partial charge in [0.25, 0.3) is 0 Å². The number of pyridine rings is 1. The fraction of sp³-hybridized carbons (Fsp3) is 0.222. The zero-order chi connectivity index (χ0) is 19.3. The van der Waals surface area contributed by atoms with Crippen LogP contribution in [0.1, 0.15) is 18.4 Å². The number of aromatic nitrogens is 3. The minimum atomic E-state index is -3.41. The van der Waals surface area contributed by atoms with Crippen molar-refractivity contribution >= 4 is 21.8 Å². The molecular weight excluding hydrogens is 368 g/mol. The lowest BCUT2D eigenvalue weighted by atomic mass is 10.2. The molecule has 0 unspecified atom stereocenters. The number of hydrogen-bond acceptors (Lipinski definition) is 7. The minimum absolute atomic E-state index is 0.0259. The average molecular weight is 386 g/mol. The van der Waals surface area contributed by atoms with Crippen molar-refractivity contribution in [2.24, 2.45) is 0 Å². The molecule has 0 aliphatic heterocycles. The van der Waals surface area contributed by atoms with E-state index in [0.29, 0.717) is 5.56 Å². The Labute approximate surface area is 156 Å². The van der Waals surface area contributed by atoms with Crippen molar-refractivity contribution < 1.29 is 17.6 Å². The quantitative estimate of drug-likeness (QED) is 0.663. The van der Waals surface area contributed by atoms with Gasteiger partial charge in [-0.1, -0.05) is 22.8 Å². The summed E-state index contributed by atoms with van der Waals surface area (Å²) in [6, 6.07) is 10.0. The molecule has 1 aromatic carbocycles. The number of carbonyl (C=O) groups is 1. The maximum Gasteiger partial charge on any atom is 0.322 e. The van der Waals surface area contributed by atoms with Gasteiger partial charge in [0.1, 0.15) is 0 Å². The molecule has 0 fully saturated rings. The van der Waals surface area contributed by atoms with E-state index in [2.05, 4.69) is 20.5 Å². The van der Waals surface area contributed by atoms with E-state index >= 15 is 0 Å². The van der Waals surface area contributed by atoms with Gasteiger partial charge in [-0.2, -0.15) is 0 Å². The first-order chi connectivity index (χ1) is 12.9. The third kappa shape index (κ3) is 4.98. The van der Waals surface area contributed by atoms with E-state index in [1.165, 1.54) is 0 Å². The predicted octanol–water partition coefficient (Wildman–Crippen LogP) is 2.63. The molecule has 0 atom stereocenters. The number of anilines is 1. The maximum atomic E-state index is 12.3.